The highest BCUT2D eigenvalue weighted by Crippen LogP contribution is 2.27. The minimum Gasteiger partial charge on any atom is -0.361 e. The molecule has 2 N–H and O–H groups in total. The smallest absolute Gasteiger partial charge is 0.224 e. The highest BCUT2D eigenvalue weighted by Gasteiger charge is 2.18. The van der Waals surface area contributed by atoms with E-state index in [1.54, 1.807) is 0 Å². The predicted molar refractivity (Wildman–Crippen MR) is 89.6 cm³/mol. The molecule has 2 aromatic heterocycles. The van der Waals surface area contributed by atoms with Gasteiger partial charge in [-0.15, -0.1) is 0 Å². The zero-order valence-corrected chi connectivity index (χ0v) is 13.0. The number of fused-ring (bicyclic) bond motifs is 2. The van der Waals surface area contributed by atoms with Crippen LogP contribution in [0.4, 0.5) is 5.95 Å². The molecule has 0 aliphatic heterocycles. The number of rotatable bonds is 4. The molecule has 0 atom stereocenters. The van der Waals surface area contributed by atoms with Crippen molar-refractivity contribution in [1.29, 1.82) is 0 Å². The van der Waals surface area contributed by atoms with Crippen LogP contribution >= 0.6 is 11.6 Å². The van der Waals surface area contributed by atoms with Crippen LogP contribution in [0.15, 0.2) is 30.5 Å². The molecule has 112 valence electrons. The zero-order valence-electron chi connectivity index (χ0n) is 12.2. The van der Waals surface area contributed by atoms with Crippen molar-refractivity contribution in [3.8, 4) is 0 Å². The maximum absolute atomic E-state index is 6.24. The quantitative estimate of drug-likeness (QED) is 0.721. The van der Waals surface area contributed by atoms with Crippen molar-refractivity contribution in [2.45, 2.75) is 25.7 Å². The van der Waals surface area contributed by atoms with Crippen LogP contribution in [0.2, 0.25) is 5.15 Å². The van der Waals surface area contributed by atoms with Crippen molar-refractivity contribution >= 4 is 28.5 Å². The summed E-state index contributed by atoms with van der Waals surface area (Å²) in [5.41, 5.74) is 4.71. The van der Waals surface area contributed by atoms with Crippen molar-refractivity contribution in [3.63, 3.8) is 0 Å². The number of aryl methyl sites for hydroxylation is 1. The van der Waals surface area contributed by atoms with Gasteiger partial charge in [-0.1, -0.05) is 29.8 Å². The van der Waals surface area contributed by atoms with Gasteiger partial charge in [-0.25, -0.2) is 9.97 Å². The van der Waals surface area contributed by atoms with Gasteiger partial charge >= 0.3 is 0 Å². The minimum absolute atomic E-state index is 0.608. The number of hydrogen-bond donors (Lipinski definition) is 2. The summed E-state index contributed by atoms with van der Waals surface area (Å²) in [5, 5.41) is 5.18. The molecular weight excluding hydrogens is 296 g/mol. The standard InChI is InChI=1S/C17H17ClN4/c18-16-13-5-3-7-15(13)21-17(22-16)19-9-8-11-10-20-14-6-2-1-4-12(11)14/h1-2,4,6,10,20H,3,5,7-9H2,(H,19,21,22). The number of benzene rings is 1. The number of nitrogens with one attached hydrogen (secondary N) is 2. The van der Waals surface area contributed by atoms with E-state index in [1.165, 1.54) is 16.5 Å². The molecule has 4 rings (SSSR count). The first kappa shape index (κ1) is 13.6. The van der Waals surface area contributed by atoms with Gasteiger partial charge in [-0.05, 0) is 37.3 Å². The van der Waals surface area contributed by atoms with Crippen LogP contribution in [-0.4, -0.2) is 21.5 Å². The molecule has 5 heteroatoms. The number of halogens is 1. The summed E-state index contributed by atoms with van der Waals surface area (Å²) in [6.45, 7) is 0.789. The van der Waals surface area contributed by atoms with Gasteiger partial charge in [0, 0.05) is 29.2 Å². The van der Waals surface area contributed by atoms with Crippen LogP contribution < -0.4 is 5.32 Å². The van der Waals surface area contributed by atoms with E-state index in [0.717, 1.165) is 43.5 Å². The Morgan fingerprint density at radius 3 is 3.05 bits per heavy atom. The van der Waals surface area contributed by atoms with Crippen LogP contribution in [0.25, 0.3) is 10.9 Å². The Morgan fingerprint density at radius 1 is 1.18 bits per heavy atom. The van der Waals surface area contributed by atoms with Gasteiger partial charge in [0.2, 0.25) is 5.95 Å². The maximum atomic E-state index is 6.24. The Kier molecular flexibility index (Phi) is 3.47. The average molecular weight is 313 g/mol. The van der Waals surface area contributed by atoms with E-state index in [2.05, 4.69) is 44.7 Å². The van der Waals surface area contributed by atoms with Gasteiger partial charge in [0.15, 0.2) is 0 Å². The molecule has 0 spiro atoms. The van der Waals surface area contributed by atoms with E-state index in [1.807, 2.05) is 6.07 Å². The molecule has 0 saturated carbocycles. The molecule has 1 aromatic carbocycles. The molecule has 0 radical (unpaired) electrons. The first-order chi connectivity index (χ1) is 10.8. The van der Waals surface area contributed by atoms with E-state index in [4.69, 9.17) is 11.6 Å². The lowest BCUT2D eigenvalue weighted by Crippen LogP contribution is -2.09. The highest BCUT2D eigenvalue weighted by atomic mass is 35.5. The van der Waals surface area contributed by atoms with E-state index < -0.39 is 0 Å². The lowest BCUT2D eigenvalue weighted by Gasteiger charge is -2.07. The summed E-state index contributed by atoms with van der Waals surface area (Å²) in [7, 11) is 0. The lowest BCUT2D eigenvalue weighted by atomic mass is 10.1. The highest BCUT2D eigenvalue weighted by molar-refractivity contribution is 6.30. The van der Waals surface area contributed by atoms with Crippen molar-refractivity contribution < 1.29 is 0 Å². The van der Waals surface area contributed by atoms with Crippen molar-refractivity contribution in [3.05, 3.63) is 52.4 Å². The van der Waals surface area contributed by atoms with Gasteiger partial charge in [-0.2, -0.15) is 0 Å². The summed E-state index contributed by atoms with van der Waals surface area (Å²) in [4.78, 5) is 12.2. The summed E-state index contributed by atoms with van der Waals surface area (Å²) in [6.07, 6.45) is 6.13. The monoisotopic (exact) mass is 312 g/mol. The summed E-state index contributed by atoms with van der Waals surface area (Å²) >= 11 is 6.24. The Hall–Kier alpha value is -2.07. The molecule has 4 nitrogen and oxygen atoms in total. The fourth-order valence-electron chi connectivity index (χ4n) is 3.11. The fraction of sp³-hybridized carbons (Fsp3) is 0.294. The Balaban J connectivity index is 1.46. The van der Waals surface area contributed by atoms with E-state index >= 15 is 0 Å². The van der Waals surface area contributed by atoms with Gasteiger partial charge in [0.05, 0.1) is 5.69 Å². The zero-order chi connectivity index (χ0) is 14.9. The maximum Gasteiger partial charge on any atom is 0.224 e. The van der Waals surface area contributed by atoms with Crippen LogP contribution in [0.5, 0.6) is 0 Å². The Labute approximate surface area is 133 Å². The Bertz CT molecular complexity index is 825. The third kappa shape index (κ3) is 2.44. The van der Waals surface area contributed by atoms with E-state index in [-0.39, 0.29) is 0 Å². The molecule has 0 fully saturated rings. The van der Waals surface area contributed by atoms with Crippen molar-refractivity contribution in [2.75, 3.05) is 11.9 Å². The average Bonchev–Trinajstić information content (AvgIpc) is 3.15. The van der Waals surface area contributed by atoms with Crippen LogP contribution in [0.1, 0.15) is 23.2 Å². The molecule has 22 heavy (non-hydrogen) atoms. The molecule has 1 aliphatic rings. The topological polar surface area (TPSA) is 53.6 Å². The molecule has 0 bridgehead atoms. The number of aromatic amines is 1. The molecule has 0 amide bonds. The lowest BCUT2D eigenvalue weighted by molar-refractivity contribution is 0.898. The second-order valence-corrected chi connectivity index (χ2v) is 6.01. The van der Waals surface area contributed by atoms with Gasteiger partial charge < -0.3 is 10.3 Å². The van der Waals surface area contributed by atoms with Crippen LogP contribution in [0, 0.1) is 0 Å². The number of nitrogens with zero attached hydrogens (tertiary/aromatic N) is 2. The number of aromatic nitrogens is 3. The fourth-order valence-corrected chi connectivity index (χ4v) is 3.40. The number of hydrogen-bond acceptors (Lipinski definition) is 3. The normalized spacial score (nSPS) is 13.5. The molecule has 0 saturated heterocycles. The number of anilines is 1. The minimum atomic E-state index is 0.608. The van der Waals surface area contributed by atoms with Crippen molar-refractivity contribution in [1.82, 2.24) is 15.0 Å². The van der Waals surface area contributed by atoms with Crippen molar-refractivity contribution in [2.24, 2.45) is 0 Å². The Morgan fingerprint density at radius 2 is 2.09 bits per heavy atom. The van der Waals surface area contributed by atoms with Crippen LogP contribution in [0.3, 0.4) is 0 Å². The first-order valence-electron chi connectivity index (χ1n) is 7.65. The van der Waals surface area contributed by atoms with Gasteiger partial charge in [0.25, 0.3) is 0 Å². The first-order valence-corrected chi connectivity index (χ1v) is 8.03. The van der Waals surface area contributed by atoms with E-state index in [9.17, 15) is 0 Å². The predicted octanol–water partition coefficient (Wildman–Crippen LogP) is 3.75. The van der Waals surface area contributed by atoms with Gasteiger partial charge in [0.1, 0.15) is 5.15 Å². The largest absolute Gasteiger partial charge is 0.361 e. The van der Waals surface area contributed by atoms with E-state index in [0.29, 0.717) is 11.1 Å². The van der Waals surface area contributed by atoms with Gasteiger partial charge in [-0.3, -0.25) is 0 Å². The molecule has 0 unspecified atom stereocenters. The summed E-state index contributed by atoms with van der Waals surface area (Å²) in [5.74, 6) is 0.644. The SMILES string of the molecule is Clc1nc(NCCc2c[nH]c3ccccc23)nc2c1CCC2. The number of H-pyrrole nitrogens is 1. The second kappa shape index (κ2) is 5.61. The molecular formula is C17H17ClN4. The molecule has 1 aliphatic carbocycles. The summed E-state index contributed by atoms with van der Waals surface area (Å²) < 4.78 is 0. The third-order valence-electron chi connectivity index (χ3n) is 4.24. The van der Waals surface area contributed by atoms with Crippen LogP contribution in [-0.2, 0) is 19.3 Å². The number of para-hydroxylation sites is 1. The molecule has 3 aromatic rings. The third-order valence-corrected chi connectivity index (χ3v) is 4.55. The second-order valence-electron chi connectivity index (χ2n) is 5.65. The summed E-state index contributed by atoms with van der Waals surface area (Å²) in [6, 6.07) is 8.34. The molecule has 2 heterocycles.